The largest absolute Gasteiger partial charge is 0.493 e. The highest BCUT2D eigenvalue weighted by molar-refractivity contribution is 7.57. The Labute approximate surface area is 249 Å². The molecule has 0 saturated heterocycles. The fraction of sp³-hybridized carbons (Fsp3) is 0.226. The lowest BCUT2D eigenvalue weighted by molar-refractivity contribution is 0.229. The highest BCUT2D eigenvalue weighted by Crippen LogP contribution is 2.50. The third kappa shape index (κ3) is 7.64. The van der Waals surface area contributed by atoms with E-state index < -0.39 is 7.60 Å². The number of aromatic nitrogens is 3. The summed E-state index contributed by atoms with van der Waals surface area (Å²) in [5, 5.41) is 4.63. The van der Waals surface area contributed by atoms with Crippen molar-refractivity contribution in [2.75, 3.05) is 20.3 Å². The summed E-state index contributed by atoms with van der Waals surface area (Å²) in [6, 6.07) is 18.7. The van der Waals surface area contributed by atoms with E-state index in [2.05, 4.69) is 10.1 Å². The number of oxazole rings is 1. The molecule has 5 rings (SSSR count). The average molecular weight is 606 g/mol. The van der Waals surface area contributed by atoms with Gasteiger partial charge in [-0.15, -0.1) is 5.10 Å². The molecule has 0 aliphatic heterocycles. The Morgan fingerprint density at radius 3 is 2.47 bits per heavy atom. The quantitative estimate of drug-likeness (QED) is 0.111. The molecule has 0 saturated carbocycles. The van der Waals surface area contributed by atoms with Crippen LogP contribution in [0.15, 0.2) is 94.0 Å². The van der Waals surface area contributed by atoms with Crippen molar-refractivity contribution in [2.24, 2.45) is 0 Å². The lowest BCUT2D eigenvalue weighted by Crippen LogP contribution is -2.01. The molecule has 3 heterocycles. The Balaban J connectivity index is 1.30. The van der Waals surface area contributed by atoms with Crippen molar-refractivity contribution >= 4 is 13.7 Å². The predicted molar refractivity (Wildman–Crippen MR) is 159 cm³/mol. The molecule has 0 bridgehead atoms. The minimum atomic E-state index is -3.42. The van der Waals surface area contributed by atoms with Gasteiger partial charge in [0.05, 0.1) is 37.8 Å². The van der Waals surface area contributed by atoms with Gasteiger partial charge in [-0.1, -0.05) is 24.3 Å². The zero-order valence-electron chi connectivity index (χ0n) is 24.0. The third-order valence-corrected chi connectivity index (χ3v) is 7.80. The average Bonchev–Trinajstić information content (AvgIpc) is 3.80. The smallest absolute Gasteiger partial charge is 0.354 e. The monoisotopic (exact) mass is 605 g/mol. The molecule has 224 valence electrons. The number of ether oxygens (including phenoxy) is 3. The van der Waals surface area contributed by atoms with Crippen LogP contribution in [-0.4, -0.2) is 35.1 Å². The second-order valence-electron chi connectivity index (χ2n) is 9.04. The lowest BCUT2D eigenvalue weighted by Gasteiger charge is -2.13. The number of para-hydroxylation sites is 1. The van der Waals surface area contributed by atoms with Crippen molar-refractivity contribution in [3.8, 4) is 34.7 Å². The van der Waals surface area contributed by atoms with Gasteiger partial charge in [0.15, 0.2) is 17.3 Å². The normalized spacial score (nSPS) is 11.7. The molecule has 0 spiro atoms. The van der Waals surface area contributed by atoms with E-state index >= 15 is 0 Å². The molecule has 0 N–H and O–H groups in total. The van der Waals surface area contributed by atoms with E-state index in [1.807, 2.05) is 42.5 Å². The maximum Gasteiger partial charge on any atom is 0.354 e. The summed E-state index contributed by atoms with van der Waals surface area (Å²) in [6.07, 6.45) is 6.52. The summed E-state index contributed by atoms with van der Waals surface area (Å²) in [6.45, 7) is 4.39. The maximum absolute atomic E-state index is 13.0. The molecule has 0 atom stereocenters. The zero-order valence-corrected chi connectivity index (χ0v) is 24.9. The summed E-state index contributed by atoms with van der Waals surface area (Å²) in [4.78, 5) is 4.39. The van der Waals surface area contributed by atoms with Crippen LogP contribution in [0.3, 0.4) is 0 Å². The van der Waals surface area contributed by atoms with Gasteiger partial charge >= 0.3 is 7.60 Å². The van der Waals surface area contributed by atoms with Crippen molar-refractivity contribution in [2.45, 2.75) is 27.1 Å². The first-order valence-electron chi connectivity index (χ1n) is 13.6. The SMILES string of the molecule is CCOP(=O)(C=Cc1cn(-c2ccccc2)nc1OCc1ccc(OCc2coc(-c3ccco3)n2)c(OC)c1)OCC. The minimum absolute atomic E-state index is 0.177. The van der Waals surface area contributed by atoms with Crippen LogP contribution < -0.4 is 14.2 Å². The first-order valence-corrected chi connectivity index (χ1v) is 15.3. The molecule has 0 unspecified atom stereocenters. The number of nitrogens with zero attached hydrogens (tertiary/aromatic N) is 3. The molecule has 2 aromatic carbocycles. The highest BCUT2D eigenvalue weighted by Gasteiger charge is 2.20. The number of hydrogen-bond acceptors (Lipinski definition) is 10. The fourth-order valence-electron chi connectivity index (χ4n) is 4.08. The second kappa shape index (κ2) is 14.1. The summed E-state index contributed by atoms with van der Waals surface area (Å²) in [5.74, 6) is 3.76. The van der Waals surface area contributed by atoms with E-state index in [0.29, 0.717) is 40.3 Å². The minimum Gasteiger partial charge on any atom is -0.493 e. The standard InChI is InChI=1S/C31H32N3O8P/c1-4-41-43(35,42-5-2)17-15-24-19-34(26-10-7-6-8-11-26)33-30(24)39-20-23-13-14-27(29(18-23)36-3)38-21-25-22-40-31(32-25)28-12-9-16-37-28/h6-19,22H,4-5,20-21H2,1-3H3. The van der Waals surface area contributed by atoms with Crippen LogP contribution in [0.5, 0.6) is 17.4 Å². The van der Waals surface area contributed by atoms with E-state index in [1.54, 1.807) is 62.4 Å². The fourth-order valence-corrected chi connectivity index (χ4v) is 5.39. The number of rotatable bonds is 15. The number of methoxy groups -OCH3 is 1. The van der Waals surface area contributed by atoms with Crippen LogP contribution in [-0.2, 0) is 26.8 Å². The van der Waals surface area contributed by atoms with Crippen LogP contribution >= 0.6 is 7.60 Å². The second-order valence-corrected chi connectivity index (χ2v) is 10.9. The summed E-state index contributed by atoms with van der Waals surface area (Å²) in [7, 11) is -1.85. The number of benzene rings is 2. The topological polar surface area (TPSA) is 120 Å². The predicted octanol–water partition coefficient (Wildman–Crippen LogP) is 7.52. The molecule has 0 aliphatic carbocycles. The number of furan rings is 1. The Kier molecular flexibility index (Phi) is 9.78. The van der Waals surface area contributed by atoms with Crippen molar-refractivity contribution in [3.63, 3.8) is 0 Å². The van der Waals surface area contributed by atoms with Crippen LogP contribution in [0.25, 0.3) is 23.4 Å². The molecule has 0 radical (unpaired) electrons. The molecule has 0 fully saturated rings. The molecule has 5 aromatic rings. The van der Waals surface area contributed by atoms with Gasteiger partial charge < -0.3 is 32.1 Å². The van der Waals surface area contributed by atoms with Gasteiger partial charge in [0.25, 0.3) is 5.89 Å². The Bertz CT molecular complexity index is 1670. The van der Waals surface area contributed by atoms with Gasteiger partial charge in [-0.3, -0.25) is 4.57 Å². The summed E-state index contributed by atoms with van der Waals surface area (Å²) < 4.78 is 53.9. The van der Waals surface area contributed by atoms with E-state index in [9.17, 15) is 4.57 Å². The van der Waals surface area contributed by atoms with Gasteiger partial charge in [-0.2, -0.15) is 0 Å². The van der Waals surface area contributed by atoms with Crippen LogP contribution in [0.1, 0.15) is 30.7 Å². The lowest BCUT2D eigenvalue weighted by atomic mass is 10.2. The molecule has 0 amide bonds. The van der Waals surface area contributed by atoms with Gasteiger partial charge in [0, 0.05) is 12.0 Å². The Morgan fingerprint density at radius 2 is 1.74 bits per heavy atom. The first-order chi connectivity index (χ1) is 21.0. The van der Waals surface area contributed by atoms with Gasteiger partial charge in [-0.25, -0.2) is 9.67 Å². The van der Waals surface area contributed by atoms with Crippen molar-refractivity contribution in [1.29, 1.82) is 0 Å². The van der Waals surface area contributed by atoms with E-state index in [1.165, 1.54) is 12.1 Å². The molecule has 43 heavy (non-hydrogen) atoms. The van der Waals surface area contributed by atoms with Crippen LogP contribution in [0, 0.1) is 0 Å². The molecular formula is C31H32N3O8P. The van der Waals surface area contributed by atoms with Crippen LogP contribution in [0.2, 0.25) is 0 Å². The van der Waals surface area contributed by atoms with Gasteiger partial charge in [0.2, 0.25) is 5.88 Å². The Morgan fingerprint density at radius 1 is 0.930 bits per heavy atom. The summed E-state index contributed by atoms with van der Waals surface area (Å²) in [5.41, 5.74) is 2.88. The van der Waals surface area contributed by atoms with Gasteiger partial charge in [0.1, 0.15) is 25.2 Å². The zero-order chi connectivity index (χ0) is 30.1. The summed E-state index contributed by atoms with van der Waals surface area (Å²) >= 11 is 0. The first kappa shape index (κ1) is 29.9. The highest BCUT2D eigenvalue weighted by atomic mass is 31.2. The molecule has 12 heteroatoms. The van der Waals surface area contributed by atoms with Crippen LogP contribution in [0.4, 0.5) is 0 Å². The van der Waals surface area contributed by atoms with E-state index in [0.717, 1.165) is 11.3 Å². The van der Waals surface area contributed by atoms with Gasteiger partial charge in [-0.05, 0) is 61.9 Å². The molecule has 11 nitrogen and oxygen atoms in total. The molecule has 0 aliphatic rings. The maximum atomic E-state index is 13.0. The molecule has 3 aromatic heterocycles. The van der Waals surface area contributed by atoms with E-state index in [4.69, 9.17) is 32.1 Å². The van der Waals surface area contributed by atoms with Crippen molar-refractivity contribution in [3.05, 3.63) is 102 Å². The third-order valence-electron chi connectivity index (χ3n) is 6.05. The molecular weight excluding hydrogens is 573 g/mol. The van der Waals surface area contributed by atoms with Crippen molar-refractivity contribution in [1.82, 2.24) is 14.8 Å². The number of hydrogen-bond donors (Lipinski definition) is 0. The Hall–Kier alpha value is -4.57. The van der Waals surface area contributed by atoms with E-state index in [-0.39, 0.29) is 26.4 Å². The van der Waals surface area contributed by atoms with Crippen molar-refractivity contribution < 1.29 is 36.7 Å².